The van der Waals surface area contributed by atoms with Crippen LogP contribution in [-0.2, 0) is 4.79 Å². The van der Waals surface area contributed by atoms with Gasteiger partial charge in [0.25, 0.3) is 0 Å². The van der Waals surface area contributed by atoms with E-state index in [9.17, 15) is 9.59 Å². The maximum Gasteiger partial charge on any atom is 0.326 e. The van der Waals surface area contributed by atoms with Crippen molar-refractivity contribution in [2.24, 2.45) is 0 Å². The van der Waals surface area contributed by atoms with E-state index in [4.69, 9.17) is 9.84 Å². The number of aliphatic carboxylic acids is 1. The van der Waals surface area contributed by atoms with Gasteiger partial charge in [-0.15, -0.1) is 0 Å². The number of nitrogens with one attached hydrogen (secondary N) is 2. The molecule has 19 heavy (non-hydrogen) atoms. The number of anilines is 1. The second-order valence-electron chi connectivity index (χ2n) is 3.75. The Balaban J connectivity index is 2.67. The number of carbonyl (C=O) groups is 2. The van der Waals surface area contributed by atoms with Crippen molar-refractivity contribution in [3.05, 3.63) is 22.7 Å². The van der Waals surface area contributed by atoms with Crippen LogP contribution in [-0.4, -0.2) is 30.3 Å². The van der Waals surface area contributed by atoms with Gasteiger partial charge in [-0.1, -0.05) is 6.92 Å². The first-order chi connectivity index (χ1) is 8.97. The van der Waals surface area contributed by atoms with Gasteiger partial charge in [-0.05, 0) is 40.5 Å². The molecule has 1 atom stereocenters. The fourth-order valence-electron chi connectivity index (χ4n) is 1.41. The normalized spacial score (nSPS) is 11.5. The third-order valence-electron chi connectivity index (χ3n) is 2.42. The molecule has 1 rings (SSSR count). The molecule has 0 saturated heterocycles. The number of carboxylic acids is 1. The molecular formula is C12H15BrN2O4. The Morgan fingerprint density at radius 3 is 2.63 bits per heavy atom. The number of carboxylic acid groups (broad SMARTS) is 1. The zero-order valence-electron chi connectivity index (χ0n) is 10.6. The van der Waals surface area contributed by atoms with Crippen LogP contribution >= 0.6 is 15.9 Å². The van der Waals surface area contributed by atoms with Crippen molar-refractivity contribution < 1.29 is 19.4 Å². The van der Waals surface area contributed by atoms with E-state index in [1.54, 1.807) is 32.2 Å². The summed E-state index contributed by atoms with van der Waals surface area (Å²) in [6.45, 7) is 1.68. The van der Waals surface area contributed by atoms with Crippen molar-refractivity contribution in [1.82, 2.24) is 5.32 Å². The summed E-state index contributed by atoms with van der Waals surface area (Å²) in [6.07, 6.45) is 0.315. The fourth-order valence-corrected chi connectivity index (χ4v) is 1.95. The number of amides is 2. The predicted octanol–water partition coefficient (Wildman–Crippen LogP) is 2.44. The maximum absolute atomic E-state index is 11.6. The van der Waals surface area contributed by atoms with Gasteiger partial charge in [-0.3, -0.25) is 0 Å². The minimum Gasteiger partial charge on any atom is -0.496 e. The Labute approximate surface area is 119 Å². The highest BCUT2D eigenvalue weighted by Gasteiger charge is 2.17. The van der Waals surface area contributed by atoms with Crippen LogP contribution in [0.15, 0.2) is 22.7 Å². The molecule has 7 heteroatoms. The number of benzene rings is 1. The largest absolute Gasteiger partial charge is 0.496 e. The Hall–Kier alpha value is -1.76. The van der Waals surface area contributed by atoms with Gasteiger partial charge in [-0.25, -0.2) is 9.59 Å². The van der Waals surface area contributed by atoms with E-state index in [1.165, 1.54) is 0 Å². The number of carbonyl (C=O) groups excluding carboxylic acids is 1. The fraction of sp³-hybridized carbons (Fsp3) is 0.333. The van der Waals surface area contributed by atoms with Gasteiger partial charge in [-0.2, -0.15) is 0 Å². The quantitative estimate of drug-likeness (QED) is 0.773. The van der Waals surface area contributed by atoms with Crippen molar-refractivity contribution in [1.29, 1.82) is 0 Å². The summed E-state index contributed by atoms with van der Waals surface area (Å²) >= 11 is 3.29. The van der Waals surface area contributed by atoms with Gasteiger partial charge < -0.3 is 20.5 Å². The third kappa shape index (κ3) is 4.44. The number of urea groups is 1. The van der Waals surface area contributed by atoms with Gasteiger partial charge in [0.2, 0.25) is 0 Å². The molecule has 0 spiro atoms. The second-order valence-corrected chi connectivity index (χ2v) is 4.60. The minimum absolute atomic E-state index is 0.315. The van der Waals surface area contributed by atoms with Crippen molar-refractivity contribution in [2.75, 3.05) is 12.4 Å². The van der Waals surface area contributed by atoms with E-state index in [0.717, 1.165) is 0 Å². The molecule has 0 aliphatic rings. The number of hydrogen-bond donors (Lipinski definition) is 3. The molecule has 6 nitrogen and oxygen atoms in total. The number of halogens is 1. The lowest BCUT2D eigenvalue weighted by Gasteiger charge is -2.13. The van der Waals surface area contributed by atoms with E-state index in [2.05, 4.69) is 26.6 Å². The molecule has 1 aromatic carbocycles. The summed E-state index contributed by atoms with van der Waals surface area (Å²) in [5, 5.41) is 13.8. The van der Waals surface area contributed by atoms with Gasteiger partial charge in [0.1, 0.15) is 11.8 Å². The zero-order valence-corrected chi connectivity index (χ0v) is 12.2. The lowest BCUT2D eigenvalue weighted by molar-refractivity contribution is -0.139. The summed E-state index contributed by atoms with van der Waals surface area (Å²) in [5.41, 5.74) is 0.533. The van der Waals surface area contributed by atoms with Crippen LogP contribution < -0.4 is 15.4 Å². The summed E-state index contributed by atoms with van der Waals surface area (Å²) in [4.78, 5) is 22.4. The van der Waals surface area contributed by atoms with Gasteiger partial charge in [0.15, 0.2) is 0 Å². The number of ether oxygens (including phenoxy) is 1. The first-order valence-electron chi connectivity index (χ1n) is 5.61. The molecule has 0 heterocycles. The summed E-state index contributed by atoms with van der Waals surface area (Å²) in [7, 11) is 1.54. The van der Waals surface area contributed by atoms with E-state index in [1.807, 2.05) is 0 Å². The zero-order chi connectivity index (χ0) is 14.4. The Bertz CT molecular complexity index is 479. The maximum atomic E-state index is 11.6. The molecule has 0 aliphatic heterocycles. The van der Waals surface area contributed by atoms with Crippen LogP contribution in [0.4, 0.5) is 10.5 Å². The van der Waals surface area contributed by atoms with E-state index < -0.39 is 18.0 Å². The molecule has 0 aliphatic carbocycles. The lowest BCUT2D eigenvalue weighted by Crippen LogP contribution is -2.42. The van der Waals surface area contributed by atoms with Crippen LogP contribution in [0.1, 0.15) is 13.3 Å². The van der Waals surface area contributed by atoms with Crippen molar-refractivity contribution >= 4 is 33.6 Å². The molecule has 1 unspecified atom stereocenters. The molecule has 104 valence electrons. The SMILES string of the molecule is CCC(NC(=O)Nc1ccc(OC)c(Br)c1)C(=O)O. The lowest BCUT2D eigenvalue weighted by atomic mass is 10.2. The van der Waals surface area contributed by atoms with E-state index in [-0.39, 0.29) is 0 Å². The van der Waals surface area contributed by atoms with Crippen molar-refractivity contribution in [3.63, 3.8) is 0 Å². The first kappa shape index (κ1) is 15.3. The Kier molecular flexibility index (Phi) is 5.62. The minimum atomic E-state index is -1.06. The standard InChI is InChI=1S/C12H15BrN2O4/c1-3-9(11(16)17)15-12(18)14-7-4-5-10(19-2)8(13)6-7/h4-6,9H,3H2,1-2H3,(H,16,17)(H2,14,15,18). The number of hydrogen-bond acceptors (Lipinski definition) is 3. The molecule has 2 amide bonds. The number of methoxy groups -OCH3 is 1. The Morgan fingerprint density at radius 1 is 1.47 bits per heavy atom. The summed E-state index contributed by atoms with van der Waals surface area (Å²) in [5.74, 6) is -0.420. The molecule has 3 N–H and O–H groups in total. The highest BCUT2D eigenvalue weighted by Crippen LogP contribution is 2.27. The molecule has 0 radical (unpaired) electrons. The van der Waals surface area contributed by atoms with Crippen molar-refractivity contribution in [2.45, 2.75) is 19.4 Å². The molecule has 0 aromatic heterocycles. The summed E-state index contributed by atoms with van der Waals surface area (Å²) in [6, 6.07) is 3.55. The predicted molar refractivity (Wildman–Crippen MR) is 74.6 cm³/mol. The monoisotopic (exact) mass is 330 g/mol. The highest BCUT2D eigenvalue weighted by molar-refractivity contribution is 9.10. The van der Waals surface area contributed by atoms with Gasteiger partial charge in [0, 0.05) is 5.69 Å². The molecule has 0 bridgehead atoms. The summed E-state index contributed by atoms with van der Waals surface area (Å²) < 4.78 is 5.76. The molecule has 0 saturated carbocycles. The second kappa shape index (κ2) is 6.98. The molecular weight excluding hydrogens is 316 g/mol. The Morgan fingerprint density at radius 2 is 2.16 bits per heavy atom. The topological polar surface area (TPSA) is 87.7 Å². The molecule has 1 aromatic rings. The average molecular weight is 331 g/mol. The van der Waals surface area contributed by atoms with Crippen LogP contribution in [0.3, 0.4) is 0 Å². The van der Waals surface area contributed by atoms with Crippen molar-refractivity contribution in [3.8, 4) is 5.75 Å². The average Bonchev–Trinajstić information content (AvgIpc) is 2.35. The molecule has 0 fully saturated rings. The highest BCUT2D eigenvalue weighted by atomic mass is 79.9. The number of rotatable bonds is 5. The van der Waals surface area contributed by atoms with Crippen LogP contribution in [0.25, 0.3) is 0 Å². The van der Waals surface area contributed by atoms with Crippen LogP contribution in [0, 0.1) is 0 Å². The first-order valence-corrected chi connectivity index (χ1v) is 6.41. The van der Waals surface area contributed by atoms with Crippen LogP contribution in [0.2, 0.25) is 0 Å². The third-order valence-corrected chi connectivity index (χ3v) is 3.04. The van der Waals surface area contributed by atoms with E-state index >= 15 is 0 Å². The van der Waals surface area contributed by atoms with E-state index in [0.29, 0.717) is 22.3 Å². The van der Waals surface area contributed by atoms with Crippen LogP contribution in [0.5, 0.6) is 5.75 Å². The van der Waals surface area contributed by atoms with Gasteiger partial charge in [0.05, 0.1) is 11.6 Å². The smallest absolute Gasteiger partial charge is 0.326 e. The van der Waals surface area contributed by atoms with Gasteiger partial charge >= 0.3 is 12.0 Å².